The highest BCUT2D eigenvalue weighted by atomic mass is 16.1. The van der Waals surface area contributed by atoms with Gasteiger partial charge in [0.05, 0.1) is 0 Å². The van der Waals surface area contributed by atoms with E-state index in [0.717, 1.165) is 12.8 Å². The number of allylic oxidation sites excluding steroid dienone is 5. The Morgan fingerprint density at radius 1 is 1.10 bits per heavy atom. The molecule has 0 aliphatic rings. The van der Waals surface area contributed by atoms with Gasteiger partial charge in [-0.05, 0) is 25.3 Å². The van der Waals surface area contributed by atoms with Crippen LogP contribution in [0.2, 0.25) is 0 Å². The maximum Gasteiger partial charge on any atom is 0.223 e. The largest absolute Gasteiger partial charge is 0.356 e. The Kier molecular flexibility index (Phi) is 8.62. The van der Waals surface area contributed by atoms with E-state index in [4.69, 9.17) is 0 Å². The normalized spacial score (nSPS) is 11.7. The first-order chi connectivity index (χ1) is 9.83. The standard InChI is InChI=1S/C18H23NO/c1-2-3-4-5-6-7-11-14-18(20)19-16-15-17-12-9-8-10-13-17/h2-5,7-13H,6,14-16H2,1H3,(H,19,20)/b3-2+,5-4-,11-7+. The average molecular weight is 269 g/mol. The first kappa shape index (κ1) is 16.0. The van der Waals surface area contributed by atoms with E-state index < -0.39 is 0 Å². The predicted octanol–water partition coefficient (Wildman–Crippen LogP) is 3.81. The number of hydrogen-bond donors (Lipinski definition) is 1. The minimum absolute atomic E-state index is 0.0783. The number of carbonyl (C=O) groups excluding carboxylic acids is 1. The van der Waals surface area contributed by atoms with Crippen LogP contribution in [0.1, 0.15) is 25.3 Å². The van der Waals surface area contributed by atoms with Crippen LogP contribution < -0.4 is 5.32 Å². The van der Waals surface area contributed by atoms with Crippen LogP contribution in [0.3, 0.4) is 0 Å². The summed E-state index contributed by atoms with van der Waals surface area (Å²) in [4.78, 5) is 11.6. The lowest BCUT2D eigenvalue weighted by Crippen LogP contribution is -2.24. The molecule has 0 unspecified atom stereocenters. The summed E-state index contributed by atoms with van der Waals surface area (Å²) < 4.78 is 0. The van der Waals surface area contributed by atoms with Gasteiger partial charge in [0.2, 0.25) is 5.91 Å². The molecular formula is C18H23NO. The highest BCUT2D eigenvalue weighted by molar-refractivity contribution is 5.77. The van der Waals surface area contributed by atoms with Crippen molar-refractivity contribution in [3.8, 4) is 0 Å². The van der Waals surface area contributed by atoms with Gasteiger partial charge in [-0.25, -0.2) is 0 Å². The Labute approximate surface area is 121 Å². The summed E-state index contributed by atoms with van der Waals surface area (Å²) in [5, 5.41) is 2.92. The zero-order chi connectivity index (χ0) is 14.5. The van der Waals surface area contributed by atoms with Crippen LogP contribution in [0.5, 0.6) is 0 Å². The molecule has 1 amide bonds. The van der Waals surface area contributed by atoms with E-state index in [-0.39, 0.29) is 5.91 Å². The van der Waals surface area contributed by atoms with E-state index >= 15 is 0 Å². The van der Waals surface area contributed by atoms with E-state index in [1.54, 1.807) is 0 Å². The van der Waals surface area contributed by atoms with E-state index in [1.165, 1.54) is 5.56 Å². The van der Waals surface area contributed by atoms with Crippen molar-refractivity contribution in [2.75, 3.05) is 6.54 Å². The third-order valence-electron chi connectivity index (χ3n) is 2.76. The van der Waals surface area contributed by atoms with Gasteiger partial charge >= 0.3 is 0 Å². The molecule has 0 spiro atoms. The van der Waals surface area contributed by atoms with Crippen LogP contribution in [0.25, 0.3) is 0 Å². The quantitative estimate of drug-likeness (QED) is 0.564. The third kappa shape index (κ3) is 8.09. The van der Waals surface area contributed by atoms with Gasteiger partial charge in [0, 0.05) is 13.0 Å². The van der Waals surface area contributed by atoms with Gasteiger partial charge in [-0.1, -0.05) is 66.8 Å². The zero-order valence-electron chi connectivity index (χ0n) is 12.1. The van der Waals surface area contributed by atoms with Crippen molar-refractivity contribution in [1.29, 1.82) is 0 Å². The summed E-state index contributed by atoms with van der Waals surface area (Å²) in [5.41, 5.74) is 1.25. The van der Waals surface area contributed by atoms with Gasteiger partial charge in [-0.3, -0.25) is 4.79 Å². The molecule has 0 saturated carbocycles. The number of carbonyl (C=O) groups is 1. The molecular weight excluding hydrogens is 246 g/mol. The van der Waals surface area contributed by atoms with E-state index in [2.05, 4.69) is 23.5 Å². The molecule has 2 nitrogen and oxygen atoms in total. The number of amides is 1. The molecule has 0 fully saturated rings. The Hall–Kier alpha value is -2.09. The number of rotatable bonds is 8. The van der Waals surface area contributed by atoms with Crippen molar-refractivity contribution in [2.24, 2.45) is 0 Å². The van der Waals surface area contributed by atoms with Crippen LogP contribution in [0.15, 0.2) is 66.8 Å². The maximum atomic E-state index is 11.6. The van der Waals surface area contributed by atoms with E-state index in [1.807, 2.05) is 55.5 Å². The van der Waals surface area contributed by atoms with Gasteiger partial charge in [-0.2, -0.15) is 0 Å². The summed E-state index contributed by atoms with van der Waals surface area (Å²) in [6, 6.07) is 10.2. The molecule has 0 radical (unpaired) electrons. The molecule has 106 valence electrons. The van der Waals surface area contributed by atoms with Crippen LogP contribution in [0, 0.1) is 0 Å². The van der Waals surface area contributed by atoms with Gasteiger partial charge in [0.1, 0.15) is 0 Å². The van der Waals surface area contributed by atoms with Gasteiger partial charge in [0.15, 0.2) is 0 Å². The van der Waals surface area contributed by atoms with Crippen molar-refractivity contribution >= 4 is 5.91 Å². The van der Waals surface area contributed by atoms with Crippen LogP contribution >= 0.6 is 0 Å². The molecule has 0 bridgehead atoms. The molecule has 0 heterocycles. The lowest BCUT2D eigenvalue weighted by Gasteiger charge is -2.03. The molecule has 0 aliphatic heterocycles. The molecule has 1 rings (SSSR count). The number of benzene rings is 1. The topological polar surface area (TPSA) is 29.1 Å². The van der Waals surface area contributed by atoms with Gasteiger partial charge < -0.3 is 5.32 Å². The molecule has 1 aromatic carbocycles. The van der Waals surface area contributed by atoms with Crippen LogP contribution in [-0.2, 0) is 11.2 Å². The smallest absolute Gasteiger partial charge is 0.223 e. The second-order valence-corrected chi connectivity index (χ2v) is 4.45. The second-order valence-electron chi connectivity index (χ2n) is 4.45. The molecule has 1 N–H and O–H groups in total. The summed E-state index contributed by atoms with van der Waals surface area (Å²) in [6.07, 6.45) is 14.2. The van der Waals surface area contributed by atoms with Crippen molar-refractivity contribution in [3.63, 3.8) is 0 Å². The highest BCUT2D eigenvalue weighted by Crippen LogP contribution is 1.98. The van der Waals surface area contributed by atoms with Crippen molar-refractivity contribution in [2.45, 2.75) is 26.2 Å². The Bertz CT molecular complexity index is 458. The van der Waals surface area contributed by atoms with Crippen LogP contribution in [0.4, 0.5) is 0 Å². The van der Waals surface area contributed by atoms with Crippen LogP contribution in [-0.4, -0.2) is 12.5 Å². The molecule has 0 aromatic heterocycles. The van der Waals surface area contributed by atoms with E-state index in [0.29, 0.717) is 13.0 Å². The van der Waals surface area contributed by atoms with E-state index in [9.17, 15) is 4.79 Å². The summed E-state index contributed by atoms with van der Waals surface area (Å²) in [6.45, 7) is 2.68. The Balaban J connectivity index is 2.10. The summed E-state index contributed by atoms with van der Waals surface area (Å²) >= 11 is 0. The fourth-order valence-electron chi connectivity index (χ4n) is 1.70. The van der Waals surface area contributed by atoms with Crippen molar-refractivity contribution in [1.82, 2.24) is 5.32 Å². The number of hydrogen-bond acceptors (Lipinski definition) is 1. The monoisotopic (exact) mass is 269 g/mol. The maximum absolute atomic E-state index is 11.6. The molecule has 0 aliphatic carbocycles. The SMILES string of the molecule is C/C=C/C=C\C/C=C/CC(=O)NCCc1ccccc1. The average Bonchev–Trinajstić information content (AvgIpc) is 2.47. The minimum atomic E-state index is 0.0783. The minimum Gasteiger partial charge on any atom is -0.356 e. The molecule has 20 heavy (non-hydrogen) atoms. The third-order valence-corrected chi connectivity index (χ3v) is 2.76. The van der Waals surface area contributed by atoms with Gasteiger partial charge in [0.25, 0.3) is 0 Å². The molecule has 0 atom stereocenters. The lowest BCUT2D eigenvalue weighted by molar-refractivity contribution is -0.120. The molecule has 1 aromatic rings. The number of nitrogens with one attached hydrogen (secondary N) is 1. The Morgan fingerprint density at radius 3 is 2.65 bits per heavy atom. The predicted molar refractivity (Wildman–Crippen MR) is 85.5 cm³/mol. The summed E-state index contributed by atoms with van der Waals surface area (Å²) in [7, 11) is 0. The molecule has 2 heteroatoms. The fourth-order valence-corrected chi connectivity index (χ4v) is 1.70. The molecule has 0 saturated heterocycles. The lowest BCUT2D eigenvalue weighted by atomic mass is 10.1. The summed E-state index contributed by atoms with van der Waals surface area (Å²) in [5.74, 6) is 0.0783. The van der Waals surface area contributed by atoms with Gasteiger partial charge in [-0.15, -0.1) is 0 Å². The first-order valence-electron chi connectivity index (χ1n) is 7.06. The first-order valence-corrected chi connectivity index (χ1v) is 7.06. The zero-order valence-corrected chi connectivity index (χ0v) is 12.1. The van der Waals surface area contributed by atoms with Crippen molar-refractivity contribution in [3.05, 3.63) is 72.4 Å². The van der Waals surface area contributed by atoms with Crippen molar-refractivity contribution < 1.29 is 4.79 Å². The Morgan fingerprint density at radius 2 is 1.90 bits per heavy atom. The second kappa shape index (κ2) is 10.8. The highest BCUT2D eigenvalue weighted by Gasteiger charge is 1.97. The fraction of sp³-hybridized carbons (Fsp3) is 0.278.